The van der Waals surface area contributed by atoms with Crippen molar-refractivity contribution in [2.75, 3.05) is 31.6 Å². The molecule has 1 aromatic carbocycles. The van der Waals surface area contributed by atoms with Crippen molar-refractivity contribution in [1.82, 2.24) is 14.9 Å². The van der Waals surface area contributed by atoms with Crippen LogP contribution in [0.4, 0.5) is 5.82 Å². The highest BCUT2D eigenvalue weighted by molar-refractivity contribution is 7.17. The Morgan fingerprint density at radius 2 is 1.81 bits per heavy atom. The third-order valence-corrected chi connectivity index (χ3v) is 5.33. The van der Waals surface area contributed by atoms with E-state index in [2.05, 4.69) is 27.5 Å². The summed E-state index contributed by atoms with van der Waals surface area (Å²) in [6, 6.07) is 10.2. The molecule has 0 bridgehead atoms. The number of likely N-dealkylation sites (N-methyl/N-ethyl adjacent to an activating group) is 2. The lowest BCUT2D eigenvalue weighted by Gasteiger charge is -2.24. The van der Waals surface area contributed by atoms with E-state index in [0.29, 0.717) is 6.54 Å². The van der Waals surface area contributed by atoms with Gasteiger partial charge < -0.3 is 9.80 Å². The number of aromatic nitrogens is 2. The van der Waals surface area contributed by atoms with Crippen molar-refractivity contribution in [2.45, 2.75) is 20.8 Å². The first-order valence-corrected chi connectivity index (χ1v) is 9.73. The van der Waals surface area contributed by atoms with Crippen molar-refractivity contribution in [2.24, 2.45) is 0 Å². The Hall–Kier alpha value is -2.47. The van der Waals surface area contributed by atoms with Crippen LogP contribution in [0.3, 0.4) is 0 Å². The van der Waals surface area contributed by atoms with Gasteiger partial charge >= 0.3 is 0 Å². The third kappa shape index (κ3) is 3.55. The van der Waals surface area contributed by atoms with E-state index < -0.39 is 0 Å². The predicted octanol–water partition coefficient (Wildman–Crippen LogP) is 3.97. The number of nitrogens with zero attached hydrogens (tertiary/aromatic N) is 4. The van der Waals surface area contributed by atoms with Crippen LogP contribution in [-0.4, -0.2) is 47.5 Å². The topological polar surface area (TPSA) is 49.3 Å². The van der Waals surface area contributed by atoms with Gasteiger partial charge in [-0.3, -0.25) is 4.79 Å². The molecular weight excluding hydrogens is 344 g/mol. The van der Waals surface area contributed by atoms with E-state index in [-0.39, 0.29) is 5.91 Å². The van der Waals surface area contributed by atoms with Crippen molar-refractivity contribution >= 4 is 33.3 Å². The number of anilines is 1. The Balaban J connectivity index is 2.04. The van der Waals surface area contributed by atoms with Gasteiger partial charge in [-0.1, -0.05) is 30.3 Å². The van der Waals surface area contributed by atoms with E-state index in [0.717, 1.165) is 46.1 Å². The van der Waals surface area contributed by atoms with Crippen LogP contribution in [0.1, 0.15) is 19.7 Å². The molecule has 0 N–H and O–H groups in total. The number of aryl methyl sites for hydroxylation is 1. The summed E-state index contributed by atoms with van der Waals surface area (Å²) in [4.78, 5) is 26.6. The molecule has 0 unspecified atom stereocenters. The zero-order valence-corrected chi connectivity index (χ0v) is 16.5. The second-order valence-electron chi connectivity index (χ2n) is 6.21. The smallest absolute Gasteiger partial charge is 0.242 e. The Morgan fingerprint density at radius 3 is 2.46 bits per heavy atom. The molecular formula is C20H24N4OS. The number of hydrogen-bond acceptors (Lipinski definition) is 5. The molecule has 0 aliphatic carbocycles. The summed E-state index contributed by atoms with van der Waals surface area (Å²) < 4.78 is 0. The van der Waals surface area contributed by atoms with Gasteiger partial charge in [0.2, 0.25) is 5.91 Å². The maximum absolute atomic E-state index is 12.5. The minimum Gasteiger partial charge on any atom is -0.350 e. The van der Waals surface area contributed by atoms with Gasteiger partial charge in [0.1, 0.15) is 16.5 Å². The molecule has 0 spiro atoms. The van der Waals surface area contributed by atoms with Crippen LogP contribution in [0.2, 0.25) is 0 Å². The van der Waals surface area contributed by atoms with E-state index in [1.54, 1.807) is 11.3 Å². The maximum atomic E-state index is 12.5. The van der Waals surface area contributed by atoms with Crippen LogP contribution in [0.25, 0.3) is 21.3 Å². The van der Waals surface area contributed by atoms with Gasteiger partial charge in [-0.05, 0) is 26.3 Å². The number of thiophene rings is 1. The van der Waals surface area contributed by atoms with E-state index in [4.69, 9.17) is 0 Å². The Morgan fingerprint density at radius 1 is 1.12 bits per heavy atom. The number of amides is 1. The molecule has 3 aromatic rings. The molecule has 0 fully saturated rings. The molecule has 6 heteroatoms. The molecule has 1 amide bonds. The van der Waals surface area contributed by atoms with E-state index in [1.807, 2.05) is 55.8 Å². The summed E-state index contributed by atoms with van der Waals surface area (Å²) >= 11 is 1.62. The summed E-state index contributed by atoms with van der Waals surface area (Å²) in [7, 11) is 1.93. The molecule has 0 aliphatic rings. The number of carbonyl (C=O) groups excluding carboxylic acids is 1. The van der Waals surface area contributed by atoms with Gasteiger partial charge in [-0.25, -0.2) is 9.97 Å². The van der Waals surface area contributed by atoms with Crippen molar-refractivity contribution in [3.05, 3.63) is 41.5 Å². The molecule has 5 nitrogen and oxygen atoms in total. The monoisotopic (exact) mass is 368 g/mol. The predicted molar refractivity (Wildman–Crippen MR) is 109 cm³/mol. The van der Waals surface area contributed by atoms with Crippen LogP contribution in [-0.2, 0) is 4.79 Å². The number of hydrogen-bond donors (Lipinski definition) is 0. The lowest BCUT2D eigenvalue weighted by atomic mass is 10.1. The van der Waals surface area contributed by atoms with Crippen LogP contribution in [0.5, 0.6) is 0 Å². The summed E-state index contributed by atoms with van der Waals surface area (Å²) in [5.74, 6) is 1.64. The number of carbonyl (C=O) groups is 1. The normalized spacial score (nSPS) is 10.9. The highest BCUT2D eigenvalue weighted by Gasteiger charge is 2.20. The Kier molecular flexibility index (Phi) is 5.52. The Bertz CT molecular complexity index is 903. The molecule has 0 saturated heterocycles. The molecule has 2 heterocycles. The average Bonchev–Trinajstić information content (AvgIpc) is 3.06. The van der Waals surface area contributed by atoms with Crippen molar-refractivity contribution in [3.63, 3.8) is 0 Å². The number of rotatable bonds is 6. The number of fused-ring (bicyclic) bond motifs is 1. The maximum Gasteiger partial charge on any atom is 0.242 e. The lowest BCUT2D eigenvalue weighted by Crippen LogP contribution is -2.39. The Labute approximate surface area is 158 Å². The minimum absolute atomic E-state index is 0.110. The fraction of sp³-hybridized carbons (Fsp3) is 0.350. The number of benzene rings is 1. The average molecular weight is 369 g/mol. The second kappa shape index (κ2) is 7.83. The molecule has 0 aliphatic heterocycles. The van der Waals surface area contributed by atoms with Crippen LogP contribution < -0.4 is 4.90 Å². The SMILES string of the molecule is CCN(CC)C(=O)CN(C)c1nc(C)nc2scc(-c3ccccc3)c12. The molecule has 26 heavy (non-hydrogen) atoms. The summed E-state index contributed by atoms with van der Waals surface area (Å²) in [6.45, 7) is 7.63. The van der Waals surface area contributed by atoms with E-state index in [9.17, 15) is 4.79 Å². The van der Waals surface area contributed by atoms with Gasteiger partial charge in [0.15, 0.2) is 0 Å². The minimum atomic E-state index is 0.110. The molecule has 0 radical (unpaired) electrons. The summed E-state index contributed by atoms with van der Waals surface area (Å²) in [5.41, 5.74) is 2.25. The third-order valence-electron chi connectivity index (χ3n) is 4.46. The van der Waals surface area contributed by atoms with Crippen molar-refractivity contribution in [1.29, 1.82) is 0 Å². The van der Waals surface area contributed by atoms with Gasteiger partial charge in [0.05, 0.1) is 11.9 Å². The summed E-state index contributed by atoms with van der Waals surface area (Å²) in [6.07, 6.45) is 0. The molecule has 3 rings (SSSR count). The van der Waals surface area contributed by atoms with Gasteiger partial charge in [-0.15, -0.1) is 11.3 Å². The highest BCUT2D eigenvalue weighted by atomic mass is 32.1. The zero-order chi connectivity index (χ0) is 18.7. The summed E-state index contributed by atoms with van der Waals surface area (Å²) in [5, 5.41) is 3.14. The standard InChI is InChI=1S/C20H24N4OS/c1-5-24(6-2)17(25)12-23(4)19-18-16(15-10-8-7-9-11-15)13-26-20(18)22-14(3)21-19/h7-11,13H,5-6,12H2,1-4H3. The molecule has 2 aromatic heterocycles. The largest absolute Gasteiger partial charge is 0.350 e. The zero-order valence-electron chi connectivity index (χ0n) is 15.7. The first-order valence-electron chi connectivity index (χ1n) is 8.85. The van der Waals surface area contributed by atoms with E-state index >= 15 is 0 Å². The van der Waals surface area contributed by atoms with Crippen molar-refractivity contribution in [3.8, 4) is 11.1 Å². The van der Waals surface area contributed by atoms with Crippen LogP contribution in [0.15, 0.2) is 35.7 Å². The van der Waals surface area contributed by atoms with E-state index in [1.165, 1.54) is 0 Å². The lowest BCUT2D eigenvalue weighted by molar-refractivity contribution is -0.129. The second-order valence-corrected chi connectivity index (χ2v) is 7.07. The first kappa shape index (κ1) is 18.3. The van der Waals surface area contributed by atoms with Crippen LogP contribution >= 0.6 is 11.3 Å². The quantitative estimate of drug-likeness (QED) is 0.660. The van der Waals surface area contributed by atoms with Crippen molar-refractivity contribution < 1.29 is 4.79 Å². The fourth-order valence-corrected chi connectivity index (χ4v) is 4.07. The molecule has 0 saturated carbocycles. The highest BCUT2D eigenvalue weighted by Crippen LogP contribution is 2.37. The van der Waals surface area contributed by atoms with Crippen LogP contribution in [0, 0.1) is 6.92 Å². The van der Waals surface area contributed by atoms with Gasteiger partial charge in [0, 0.05) is 31.1 Å². The first-order chi connectivity index (χ1) is 12.5. The molecule has 136 valence electrons. The molecule has 0 atom stereocenters. The van der Waals surface area contributed by atoms with Gasteiger partial charge in [-0.2, -0.15) is 0 Å². The fourth-order valence-electron chi connectivity index (χ4n) is 3.09. The van der Waals surface area contributed by atoms with Gasteiger partial charge in [0.25, 0.3) is 0 Å².